The Morgan fingerprint density at radius 2 is 2.00 bits per heavy atom. The van der Waals surface area contributed by atoms with E-state index in [1.54, 1.807) is 19.2 Å². The van der Waals surface area contributed by atoms with Crippen molar-refractivity contribution >= 4 is 0 Å². The zero-order valence-corrected chi connectivity index (χ0v) is 11.2. The molecule has 0 bridgehead atoms. The first-order chi connectivity index (χ1) is 8.93. The summed E-state index contributed by atoms with van der Waals surface area (Å²) in [6.45, 7) is 1.77. The molecule has 0 saturated carbocycles. The molecule has 19 heavy (non-hydrogen) atoms. The molecule has 0 amide bonds. The monoisotopic (exact) mass is 272 g/mol. The van der Waals surface area contributed by atoms with Crippen LogP contribution < -0.4 is 5.32 Å². The van der Waals surface area contributed by atoms with E-state index in [0.29, 0.717) is 5.56 Å². The Labute approximate surface area is 111 Å². The molecular formula is C14H19F3N2. The molecule has 0 aromatic heterocycles. The number of rotatable bonds is 3. The van der Waals surface area contributed by atoms with Crippen LogP contribution in [-0.4, -0.2) is 32.1 Å². The summed E-state index contributed by atoms with van der Waals surface area (Å²) >= 11 is 0. The van der Waals surface area contributed by atoms with E-state index in [9.17, 15) is 13.2 Å². The van der Waals surface area contributed by atoms with E-state index in [1.807, 2.05) is 7.05 Å². The number of benzene rings is 1. The molecule has 0 spiro atoms. The van der Waals surface area contributed by atoms with E-state index in [2.05, 4.69) is 10.2 Å². The van der Waals surface area contributed by atoms with Gasteiger partial charge in [0, 0.05) is 12.6 Å². The SMILES string of the molecule is CNC(c1ccccc1C(F)(F)F)C1CCN(C)C1. The average molecular weight is 272 g/mol. The molecule has 2 atom stereocenters. The fourth-order valence-corrected chi connectivity index (χ4v) is 2.91. The largest absolute Gasteiger partial charge is 0.416 e. The van der Waals surface area contributed by atoms with Gasteiger partial charge in [0.15, 0.2) is 0 Å². The number of halogens is 3. The van der Waals surface area contributed by atoms with Crippen LogP contribution in [0, 0.1) is 5.92 Å². The van der Waals surface area contributed by atoms with Crippen LogP contribution in [0.3, 0.4) is 0 Å². The molecule has 1 aliphatic heterocycles. The van der Waals surface area contributed by atoms with Crippen molar-refractivity contribution in [1.29, 1.82) is 0 Å². The molecule has 1 aliphatic rings. The second kappa shape index (κ2) is 5.51. The molecule has 2 unspecified atom stereocenters. The minimum Gasteiger partial charge on any atom is -0.313 e. The van der Waals surface area contributed by atoms with Crippen LogP contribution in [0.25, 0.3) is 0 Å². The molecule has 1 aromatic carbocycles. The van der Waals surface area contributed by atoms with Crippen LogP contribution in [0.5, 0.6) is 0 Å². The maximum Gasteiger partial charge on any atom is 0.416 e. The van der Waals surface area contributed by atoms with Gasteiger partial charge in [0.2, 0.25) is 0 Å². The van der Waals surface area contributed by atoms with E-state index in [4.69, 9.17) is 0 Å². The lowest BCUT2D eigenvalue weighted by Gasteiger charge is -2.26. The van der Waals surface area contributed by atoms with Crippen LogP contribution in [0.1, 0.15) is 23.6 Å². The second-order valence-electron chi connectivity index (χ2n) is 5.16. The lowest BCUT2D eigenvalue weighted by Crippen LogP contribution is -2.29. The van der Waals surface area contributed by atoms with Crippen molar-refractivity contribution in [2.24, 2.45) is 5.92 Å². The molecule has 0 radical (unpaired) electrons. The molecule has 1 aromatic rings. The van der Waals surface area contributed by atoms with Gasteiger partial charge in [-0.25, -0.2) is 0 Å². The van der Waals surface area contributed by atoms with Crippen molar-refractivity contribution in [2.75, 3.05) is 27.2 Å². The van der Waals surface area contributed by atoms with Crippen molar-refractivity contribution in [3.8, 4) is 0 Å². The van der Waals surface area contributed by atoms with Crippen molar-refractivity contribution < 1.29 is 13.2 Å². The van der Waals surface area contributed by atoms with Gasteiger partial charge >= 0.3 is 6.18 Å². The summed E-state index contributed by atoms with van der Waals surface area (Å²) in [4.78, 5) is 2.16. The Kier molecular flexibility index (Phi) is 4.16. The van der Waals surface area contributed by atoms with Crippen LogP contribution in [0.15, 0.2) is 24.3 Å². The zero-order chi connectivity index (χ0) is 14.0. The van der Waals surface area contributed by atoms with Gasteiger partial charge in [-0.15, -0.1) is 0 Å². The van der Waals surface area contributed by atoms with E-state index in [-0.39, 0.29) is 12.0 Å². The van der Waals surface area contributed by atoms with Gasteiger partial charge in [-0.05, 0) is 44.6 Å². The smallest absolute Gasteiger partial charge is 0.313 e. The fourth-order valence-electron chi connectivity index (χ4n) is 2.91. The van der Waals surface area contributed by atoms with E-state index < -0.39 is 11.7 Å². The normalized spacial score (nSPS) is 22.7. The first-order valence-corrected chi connectivity index (χ1v) is 6.45. The lowest BCUT2D eigenvalue weighted by molar-refractivity contribution is -0.138. The number of alkyl halides is 3. The molecule has 2 nitrogen and oxygen atoms in total. The molecule has 1 heterocycles. The molecule has 0 aliphatic carbocycles. The number of hydrogen-bond acceptors (Lipinski definition) is 2. The Morgan fingerprint density at radius 3 is 2.53 bits per heavy atom. The minimum absolute atomic E-state index is 0.221. The first-order valence-electron chi connectivity index (χ1n) is 6.45. The average Bonchev–Trinajstić information content (AvgIpc) is 2.76. The van der Waals surface area contributed by atoms with Gasteiger partial charge in [-0.3, -0.25) is 0 Å². The van der Waals surface area contributed by atoms with Crippen molar-refractivity contribution in [2.45, 2.75) is 18.6 Å². The first kappa shape index (κ1) is 14.3. The van der Waals surface area contributed by atoms with Crippen molar-refractivity contribution in [3.63, 3.8) is 0 Å². The molecule has 1 N–H and O–H groups in total. The van der Waals surface area contributed by atoms with Gasteiger partial charge in [0.1, 0.15) is 0 Å². The summed E-state index contributed by atoms with van der Waals surface area (Å²) in [6.07, 6.45) is -3.37. The summed E-state index contributed by atoms with van der Waals surface area (Å²) in [5, 5.41) is 3.07. The van der Waals surface area contributed by atoms with Gasteiger partial charge < -0.3 is 10.2 Å². The highest BCUT2D eigenvalue weighted by molar-refractivity contribution is 5.33. The van der Waals surface area contributed by atoms with Crippen molar-refractivity contribution in [1.82, 2.24) is 10.2 Å². The number of nitrogens with one attached hydrogen (secondary N) is 1. The van der Waals surface area contributed by atoms with Gasteiger partial charge in [-0.1, -0.05) is 18.2 Å². The molecule has 5 heteroatoms. The van der Waals surface area contributed by atoms with Crippen LogP contribution in [-0.2, 0) is 6.18 Å². The summed E-state index contributed by atoms with van der Waals surface area (Å²) in [7, 11) is 3.73. The lowest BCUT2D eigenvalue weighted by atomic mass is 9.89. The van der Waals surface area contributed by atoms with Gasteiger partial charge in [-0.2, -0.15) is 13.2 Å². The Bertz CT molecular complexity index is 431. The maximum atomic E-state index is 13.1. The Hall–Kier alpha value is -1.07. The molecule has 1 fully saturated rings. The van der Waals surface area contributed by atoms with E-state index >= 15 is 0 Å². The number of nitrogens with zero attached hydrogens (tertiary/aromatic N) is 1. The van der Waals surface area contributed by atoms with Crippen LogP contribution in [0.2, 0.25) is 0 Å². The van der Waals surface area contributed by atoms with E-state index in [1.165, 1.54) is 12.1 Å². The highest BCUT2D eigenvalue weighted by Crippen LogP contribution is 2.38. The predicted octanol–water partition coefficient (Wildman–Crippen LogP) is 2.92. The topological polar surface area (TPSA) is 15.3 Å². The summed E-state index contributed by atoms with van der Waals surface area (Å²) in [5.74, 6) is 0.221. The third-order valence-corrected chi connectivity index (χ3v) is 3.81. The fraction of sp³-hybridized carbons (Fsp3) is 0.571. The molecular weight excluding hydrogens is 253 g/mol. The highest BCUT2D eigenvalue weighted by Gasteiger charge is 2.37. The van der Waals surface area contributed by atoms with Gasteiger partial charge in [0.05, 0.1) is 5.56 Å². The van der Waals surface area contributed by atoms with Crippen molar-refractivity contribution in [3.05, 3.63) is 35.4 Å². The Morgan fingerprint density at radius 1 is 1.32 bits per heavy atom. The molecule has 106 valence electrons. The summed E-state index contributed by atoms with van der Waals surface area (Å²) in [5.41, 5.74) is -0.165. The molecule has 1 saturated heterocycles. The Balaban J connectivity index is 2.33. The summed E-state index contributed by atoms with van der Waals surface area (Å²) in [6, 6.07) is 5.62. The quantitative estimate of drug-likeness (QED) is 0.910. The predicted molar refractivity (Wildman–Crippen MR) is 68.8 cm³/mol. The third kappa shape index (κ3) is 3.09. The summed E-state index contributed by atoms with van der Waals surface area (Å²) < 4.78 is 39.2. The van der Waals surface area contributed by atoms with Gasteiger partial charge in [0.25, 0.3) is 0 Å². The van der Waals surface area contributed by atoms with Crippen LogP contribution in [0.4, 0.5) is 13.2 Å². The minimum atomic E-state index is -4.30. The molecule has 2 rings (SSSR count). The van der Waals surface area contributed by atoms with E-state index in [0.717, 1.165) is 19.5 Å². The third-order valence-electron chi connectivity index (χ3n) is 3.81. The maximum absolute atomic E-state index is 13.1. The standard InChI is InChI=1S/C14H19F3N2/c1-18-13(10-7-8-19(2)9-10)11-5-3-4-6-12(11)14(15,16)17/h3-6,10,13,18H,7-9H2,1-2H3. The van der Waals surface area contributed by atoms with Crippen LogP contribution >= 0.6 is 0 Å². The second-order valence-corrected chi connectivity index (χ2v) is 5.16. The number of hydrogen-bond donors (Lipinski definition) is 1. The highest BCUT2D eigenvalue weighted by atomic mass is 19.4. The number of likely N-dealkylation sites (tertiary alicyclic amines) is 1. The zero-order valence-electron chi connectivity index (χ0n) is 11.2.